The maximum Gasteiger partial charge on any atom is 0.416 e. The molecule has 0 aliphatic rings. The van der Waals surface area contributed by atoms with Crippen LogP contribution in [0.1, 0.15) is 44.0 Å². The van der Waals surface area contributed by atoms with Crippen LogP contribution in [0.2, 0.25) is 0 Å². The largest absolute Gasteiger partial charge is 0.469 e. The normalized spacial score (nSPS) is 15.3. The fourth-order valence-electron chi connectivity index (χ4n) is 2.71. The lowest BCUT2D eigenvalue weighted by Gasteiger charge is -2.36. The van der Waals surface area contributed by atoms with Gasteiger partial charge in [0, 0.05) is 6.20 Å². The standard InChI is InChI=1S/C20H22F4N2O3S/c1-18(2,3)30(28)26-19(12-16(27)29-4,17-15(21)6-5-11-25-17)13-7-9-14(10-8-13)20(22,23)24/h5-11,26H,12H2,1-4H3. The van der Waals surface area contributed by atoms with Gasteiger partial charge in [0.15, 0.2) is 0 Å². The lowest BCUT2D eigenvalue weighted by molar-refractivity contribution is -0.142. The number of ether oxygens (including phenoxy) is 1. The molecule has 0 aliphatic carbocycles. The summed E-state index contributed by atoms with van der Waals surface area (Å²) in [6.45, 7) is 4.96. The van der Waals surface area contributed by atoms with Crippen LogP contribution in [0.5, 0.6) is 0 Å². The number of hydrogen-bond donors (Lipinski definition) is 1. The number of methoxy groups -OCH3 is 1. The molecule has 0 aliphatic heterocycles. The third kappa shape index (κ3) is 5.23. The lowest BCUT2D eigenvalue weighted by atomic mass is 9.83. The zero-order valence-corrected chi connectivity index (χ0v) is 17.7. The van der Waals surface area contributed by atoms with Crippen molar-refractivity contribution >= 4 is 17.0 Å². The molecule has 164 valence electrons. The van der Waals surface area contributed by atoms with Gasteiger partial charge in [-0.2, -0.15) is 13.2 Å². The molecule has 5 nitrogen and oxygen atoms in total. The van der Waals surface area contributed by atoms with Crippen LogP contribution >= 0.6 is 0 Å². The maximum absolute atomic E-state index is 14.8. The molecule has 0 radical (unpaired) electrons. The number of carbonyl (C=O) groups excluding carboxylic acids is 1. The van der Waals surface area contributed by atoms with E-state index in [2.05, 4.69) is 9.71 Å². The maximum atomic E-state index is 14.8. The van der Waals surface area contributed by atoms with Crippen molar-refractivity contribution in [2.45, 2.75) is 43.7 Å². The zero-order chi connectivity index (χ0) is 22.7. The highest BCUT2D eigenvalue weighted by Crippen LogP contribution is 2.37. The van der Waals surface area contributed by atoms with Crippen molar-refractivity contribution in [3.63, 3.8) is 0 Å². The minimum atomic E-state index is -4.58. The molecule has 2 rings (SSSR count). The number of pyridine rings is 1. The van der Waals surface area contributed by atoms with Gasteiger partial charge in [-0.3, -0.25) is 9.78 Å². The zero-order valence-electron chi connectivity index (χ0n) is 16.8. The highest BCUT2D eigenvalue weighted by molar-refractivity contribution is 7.84. The van der Waals surface area contributed by atoms with Gasteiger partial charge in [-0.05, 0) is 50.6 Å². The van der Waals surface area contributed by atoms with Crippen molar-refractivity contribution in [1.29, 1.82) is 0 Å². The molecule has 2 unspecified atom stereocenters. The second-order valence-electron chi connectivity index (χ2n) is 7.55. The van der Waals surface area contributed by atoms with Gasteiger partial charge in [0.1, 0.15) is 17.1 Å². The van der Waals surface area contributed by atoms with Crippen LogP contribution in [-0.2, 0) is 32.2 Å². The third-order valence-electron chi connectivity index (χ3n) is 4.33. The number of rotatable bonds is 6. The average Bonchev–Trinajstić information content (AvgIpc) is 2.66. The van der Waals surface area contributed by atoms with Crippen molar-refractivity contribution in [3.05, 3.63) is 65.2 Å². The van der Waals surface area contributed by atoms with Crippen molar-refractivity contribution in [1.82, 2.24) is 9.71 Å². The van der Waals surface area contributed by atoms with Crippen molar-refractivity contribution < 1.29 is 31.3 Å². The Morgan fingerprint density at radius 1 is 1.10 bits per heavy atom. The van der Waals surface area contributed by atoms with E-state index in [0.29, 0.717) is 0 Å². The van der Waals surface area contributed by atoms with Crippen molar-refractivity contribution in [3.8, 4) is 0 Å². The number of esters is 1. The summed E-state index contributed by atoms with van der Waals surface area (Å²) in [6, 6.07) is 6.25. The van der Waals surface area contributed by atoms with Crippen LogP contribution in [0.15, 0.2) is 42.6 Å². The molecule has 1 aromatic carbocycles. The van der Waals surface area contributed by atoms with Gasteiger partial charge in [-0.1, -0.05) is 12.1 Å². The molecule has 0 bridgehead atoms. The van der Waals surface area contributed by atoms with E-state index in [1.165, 1.54) is 12.3 Å². The van der Waals surface area contributed by atoms with E-state index in [-0.39, 0.29) is 11.3 Å². The summed E-state index contributed by atoms with van der Waals surface area (Å²) in [7, 11) is -0.723. The summed E-state index contributed by atoms with van der Waals surface area (Å²) in [5.74, 6) is -1.61. The Labute approximate surface area is 174 Å². The first-order valence-corrected chi connectivity index (χ1v) is 10.0. The molecule has 30 heavy (non-hydrogen) atoms. The second-order valence-corrected chi connectivity index (χ2v) is 9.52. The number of carbonyl (C=O) groups is 1. The number of nitrogens with one attached hydrogen (secondary N) is 1. The summed E-state index contributed by atoms with van der Waals surface area (Å²) in [6.07, 6.45) is -3.86. The first-order valence-electron chi connectivity index (χ1n) is 8.86. The molecule has 1 aromatic heterocycles. The Balaban J connectivity index is 2.77. The number of nitrogens with zero attached hydrogens (tertiary/aromatic N) is 1. The lowest BCUT2D eigenvalue weighted by Crippen LogP contribution is -2.51. The summed E-state index contributed by atoms with van der Waals surface area (Å²) in [4.78, 5) is 16.3. The summed E-state index contributed by atoms with van der Waals surface area (Å²) < 4.78 is 73.5. The molecular formula is C20H22F4N2O3S. The van der Waals surface area contributed by atoms with Gasteiger partial charge in [0.25, 0.3) is 0 Å². The molecule has 0 saturated carbocycles. The Hall–Kier alpha value is -2.33. The topological polar surface area (TPSA) is 68.3 Å². The van der Waals surface area contributed by atoms with Crippen molar-refractivity contribution in [2.75, 3.05) is 7.11 Å². The molecule has 10 heteroatoms. The quantitative estimate of drug-likeness (QED) is 0.536. The minimum Gasteiger partial charge on any atom is -0.469 e. The average molecular weight is 446 g/mol. The molecule has 0 fully saturated rings. The molecule has 0 spiro atoms. The Morgan fingerprint density at radius 2 is 1.67 bits per heavy atom. The van der Waals surface area contributed by atoms with Crippen LogP contribution in [0.3, 0.4) is 0 Å². The van der Waals surface area contributed by atoms with Gasteiger partial charge in [0.05, 0.1) is 34.8 Å². The van der Waals surface area contributed by atoms with E-state index in [1.54, 1.807) is 20.8 Å². The molecule has 0 saturated heterocycles. The highest BCUT2D eigenvalue weighted by atomic mass is 32.2. The van der Waals surface area contributed by atoms with Gasteiger partial charge >= 0.3 is 12.1 Å². The predicted octanol–water partition coefficient (Wildman–Crippen LogP) is 4.10. The Kier molecular flexibility index (Phi) is 7.03. The van der Waals surface area contributed by atoms with Gasteiger partial charge in [-0.15, -0.1) is 0 Å². The van der Waals surface area contributed by atoms with E-state index in [0.717, 1.165) is 37.4 Å². The van der Waals surface area contributed by atoms with Crippen LogP contribution in [-0.4, -0.2) is 27.0 Å². The summed E-state index contributed by atoms with van der Waals surface area (Å²) in [5.41, 5.74) is -2.96. The van der Waals surface area contributed by atoms with Gasteiger partial charge in [-0.25, -0.2) is 13.3 Å². The monoisotopic (exact) mass is 446 g/mol. The van der Waals surface area contributed by atoms with Crippen molar-refractivity contribution in [2.24, 2.45) is 0 Å². The molecule has 0 amide bonds. The number of aromatic nitrogens is 1. The minimum absolute atomic E-state index is 0.0797. The van der Waals surface area contributed by atoms with E-state index in [1.807, 2.05) is 0 Å². The predicted molar refractivity (Wildman–Crippen MR) is 104 cm³/mol. The molecule has 1 heterocycles. The van der Waals surface area contributed by atoms with Crippen LogP contribution in [0.4, 0.5) is 17.6 Å². The van der Waals surface area contributed by atoms with Crippen LogP contribution < -0.4 is 4.72 Å². The van der Waals surface area contributed by atoms with Crippen LogP contribution in [0, 0.1) is 5.82 Å². The van der Waals surface area contributed by atoms with Crippen LogP contribution in [0.25, 0.3) is 0 Å². The fourth-order valence-corrected chi connectivity index (χ4v) is 3.62. The molecule has 2 aromatic rings. The third-order valence-corrected chi connectivity index (χ3v) is 5.97. The van der Waals surface area contributed by atoms with Gasteiger partial charge in [0.2, 0.25) is 0 Å². The number of halogens is 4. The van der Waals surface area contributed by atoms with E-state index < -0.39 is 51.2 Å². The number of alkyl halides is 3. The second kappa shape index (κ2) is 8.81. The smallest absolute Gasteiger partial charge is 0.416 e. The molecular weight excluding hydrogens is 424 g/mol. The van der Waals surface area contributed by atoms with Gasteiger partial charge < -0.3 is 4.74 Å². The Bertz CT molecular complexity index is 927. The summed E-state index contributed by atoms with van der Waals surface area (Å²) >= 11 is 0. The molecule has 1 N–H and O–H groups in total. The fraction of sp³-hybridized carbons (Fsp3) is 0.400. The SMILES string of the molecule is COC(=O)CC(NS(=O)C(C)(C)C)(c1ccc(C(F)(F)F)cc1)c1ncccc1F. The number of benzene rings is 1. The first-order chi connectivity index (χ1) is 13.8. The van der Waals surface area contributed by atoms with E-state index in [4.69, 9.17) is 4.74 Å². The van der Waals surface area contributed by atoms with E-state index in [9.17, 15) is 26.6 Å². The highest BCUT2D eigenvalue weighted by Gasteiger charge is 2.44. The van der Waals surface area contributed by atoms with E-state index >= 15 is 0 Å². The summed E-state index contributed by atoms with van der Waals surface area (Å²) in [5, 5.41) is 0. The molecule has 2 atom stereocenters. The first kappa shape index (κ1) is 23.9. The number of hydrogen-bond acceptors (Lipinski definition) is 4. The Morgan fingerprint density at radius 3 is 2.13 bits per heavy atom.